The molecule has 4 aromatic rings. The van der Waals surface area contributed by atoms with Gasteiger partial charge in [0.2, 0.25) is 0 Å². The molecule has 1 aliphatic rings. The van der Waals surface area contributed by atoms with Crippen LogP contribution in [0.1, 0.15) is 110 Å². The van der Waals surface area contributed by atoms with Crippen molar-refractivity contribution in [2.75, 3.05) is 0 Å². The van der Waals surface area contributed by atoms with Crippen LogP contribution in [0.5, 0.6) is 0 Å². The number of hydrogen-bond donors (Lipinski definition) is 0. The largest absolute Gasteiger partial charge is 1.00 e. The van der Waals surface area contributed by atoms with Gasteiger partial charge in [-0.25, -0.2) is 6.08 Å². The van der Waals surface area contributed by atoms with E-state index in [0.29, 0.717) is 11.3 Å². The van der Waals surface area contributed by atoms with Crippen LogP contribution in [0.25, 0.3) is 21.5 Å². The molecular weight excluding hydrogens is 667 g/mol. The molecule has 0 bridgehead atoms. The van der Waals surface area contributed by atoms with Gasteiger partial charge in [-0.3, -0.25) is 6.08 Å². The summed E-state index contributed by atoms with van der Waals surface area (Å²) in [4.78, 5) is 0. The number of benzene rings is 3. The Balaban J connectivity index is 0.000000385. The van der Waals surface area contributed by atoms with Gasteiger partial charge in [-0.05, 0) is 24.7 Å². The Morgan fingerprint density at radius 3 is 1.47 bits per heavy atom. The summed E-state index contributed by atoms with van der Waals surface area (Å²) in [6.07, 6.45) is 9.00. The predicted octanol–water partition coefficient (Wildman–Crippen LogP) is 6.06. The maximum atomic E-state index is 3.35. The molecule has 4 aromatic carbocycles. The van der Waals surface area contributed by atoms with Crippen molar-refractivity contribution in [2.45, 2.75) is 107 Å². The van der Waals surface area contributed by atoms with Crippen LogP contribution in [0.4, 0.5) is 0 Å². The third-order valence-corrected chi connectivity index (χ3v) is 9.07. The zero-order valence-electron chi connectivity index (χ0n) is 30.0. The fraction of sp³-hybridized carbons (Fsp3) is 0.429. The number of rotatable bonds is 2. The molecule has 0 aliphatic heterocycles. The monoisotopic (exact) mass is 718 g/mol. The molecule has 0 radical (unpaired) electrons. The summed E-state index contributed by atoms with van der Waals surface area (Å²) in [5, 5.41) is 5.55. The van der Waals surface area contributed by atoms with Crippen molar-refractivity contribution < 1.29 is 49.0 Å². The van der Waals surface area contributed by atoms with Gasteiger partial charge in [0, 0.05) is 0 Å². The minimum Gasteiger partial charge on any atom is -1.00 e. The van der Waals surface area contributed by atoms with Gasteiger partial charge in [0.15, 0.2) is 0 Å². The molecule has 0 N–H and O–H groups in total. The van der Waals surface area contributed by atoms with E-state index in [9.17, 15) is 0 Å². The fourth-order valence-electron chi connectivity index (χ4n) is 5.85. The second kappa shape index (κ2) is 16.4. The van der Waals surface area contributed by atoms with Crippen LogP contribution in [0.3, 0.4) is 0 Å². The second-order valence-corrected chi connectivity index (χ2v) is 17.2. The van der Waals surface area contributed by atoms with Gasteiger partial charge in [0.1, 0.15) is 0 Å². The third-order valence-electron chi connectivity index (χ3n) is 8.36. The van der Waals surface area contributed by atoms with Crippen molar-refractivity contribution >= 4 is 24.8 Å². The normalized spacial score (nSPS) is 14.5. The summed E-state index contributed by atoms with van der Waals surface area (Å²) in [5.74, 6) is 0.573. The third kappa shape index (κ3) is 10.9. The van der Waals surface area contributed by atoms with Gasteiger partial charge in [0.25, 0.3) is 0 Å². The zero-order chi connectivity index (χ0) is 32.3. The fourth-order valence-corrected chi connectivity index (χ4v) is 6.26. The summed E-state index contributed by atoms with van der Waals surface area (Å²) in [7, 11) is 0. The maximum absolute atomic E-state index is 3.35. The molecule has 0 amide bonds. The summed E-state index contributed by atoms with van der Waals surface area (Å²) < 4.78 is 1.46. The molecule has 0 nitrogen and oxygen atoms in total. The molecule has 1 atom stereocenters. The topological polar surface area (TPSA) is 0 Å². The number of fused-ring (bicyclic) bond motifs is 3. The molecule has 0 fully saturated rings. The van der Waals surface area contributed by atoms with Gasteiger partial charge < -0.3 is 24.8 Å². The number of allylic oxidation sites excluding steroid dienone is 4. The SMILES string of the molecule is CCC1[C-]=CC(C(C)(C)C)=C1.C[C](=[Zr+2])c1ccccc1.Cc1cc2[cH-]c3cc(C)c(C(C)(C)C)cc3c2cc1C(C)(C)C.[Cl-].[Cl-]. The van der Waals surface area contributed by atoms with E-state index < -0.39 is 0 Å². The van der Waals surface area contributed by atoms with Gasteiger partial charge in [0.05, 0.1) is 0 Å². The average molecular weight is 721 g/mol. The zero-order valence-corrected chi connectivity index (χ0v) is 33.9. The van der Waals surface area contributed by atoms with Crippen molar-refractivity contribution in [3.8, 4) is 0 Å². The quantitative estimate of drug-likeness (QED) is 0.221. The Kier molecular flexibility index (Phi) is 15.1. The van der Waals surface area contributed by atoms with Crippen molar-refractivity contribution in [3.05, 3.63) is 112 Å². The van der Waals surface area contributed by atoms with Crippen molar-refractivity contribution in [1.29, 1.82) is 0 Å². The van der Waals surface area contributed by atoms with Crippen LogP contribution in [0, 0.1) is 31.3 Å². The van der Waals surface area contributed by atoms with Crippen LogP contribution in [-0.2, 0) is 35.1 Å². The van der Waals surface area contributed by atoms with Gasteiger partial charge in [-0.15, -0.1) is 39.7 Å². The first-order valence-electron chi connectivity index (χ1n) is 15.9. The summed E-state index contributed by atoms with van der Waals surface area (Å²) in [6.45, 7) is 29.4. The summed E-state index contributed by atoms with van der Waals surface area (Å²) in [5.41, 5.74) is 9.17. The molecular formula is C42H54Cl2Zr-2. The first-order valence-corrected chi connectivity index (χ1v) is 17.1. The molecule has 45 heavy (non-hydrogen) atoms. The van der Waals surface area contributed by atoms with Crippen LogP contribution in [0.15, 0.2) is 78.4 Å². The molecule has 5 rings (SSSR count). The van der Waals surface area contributed by atoms with Crippen molar-refractivity contribution in [2.24, 2.45) is 11.3 Å². The Hall–Kier alpha value is -1.66. The van der Waals surface area contributed by atoms with Gasteiger partial charge in [-0.1, -0.05) is 121 Å². The van der Waals surface area contributed by atoms with E-state index >= 15 is 0 Å². The molecule has 242 valence electrons. The van der Waals surface area contributed by atoms with E-state index in [-0.39, 0.29) is 35.6 Å². The second-order valence-electron chi connectivity index (χ2n) is 15.3. The number of aryl methyl sites for hydroxylation is 2. The molecule has 0 saturated carbocycles. The average Bonchev–Trinajstić information content (AvgIpc) is 3.52. The first-order chi connectivity index (χ1) is 19.8. The van der Waals surface area contributed by atoms with E-state index in [1.165, 1.54) is 88.8 Å². The predicted molar refractivity (Wildman–Crippen MR) is 189 cm³/mol. The molecule has 0 aromatic heterocycles. The Morgan fingerprint density at radius 1 is 0.733 bits per heavy atom. The first kappa shape index (κ1) is 41.4. The van der Waals surface area contributed by atoms with E-state index in [0.717, 1.165) is 0 Å². The van der Waals surface area contributed by atoms with E-state index in [2.05, 4.69) is 163 Å². The van der Waals surface area contributed by atoms with Crippen LogP contribution in [-0.4, -0.2) is 3.21 Å². The van der Waals surface area contributed by atoms with Crippen LogP contribution in [0.2, 0.25) is 0 Å². The molecule has 3 heteroatoms. The van der Waals surface area contributed by atoms with E-state index in [1.807, 2.05) is 6.07 Å². The van der Waals surface area contributed by atoms with Gasteiger partial charge in [-0.2, -0.15) is 11.6 Å². The van der Waals surface area contributed by atoms with Crippen LogP contribution < -0.4 is 24.8 Å². The molecule has 1 aliphatic carbocycles. The van der Waals surface area contributed by atoms with Crippen LogP contribution >= 0.6 is 0 Å². The Bertz CT molecular complexity index is 1550. The molecule has 0 saturated heterocycles. The molecule has 0 heterocycles. The standard InChI is InChI=1S/C23H29.C11H17.C8H8.2ClH.Zr/c1-14-9-16-11-17-10-15(2)21(23(6,7)8)13-19(17)18(16)12-20(14)22(3,4)5;1-5-9-6-7-10(8-9)11(2,3)4;1-2-8-6-4-3-5-7-8;;;/h9-13H,1-8H3;7-9H,5H2,1-4H3;3-7H,1H3;2*1H;/q2*-1;;;;+2/p-2. The van der Waals surface area contributed by atoms with Gasteiger partial charge >= 0.3 is 70.3 Å². The Labute approximate surface area is 302 Å². The van der Waals surface area contributed by atoms with Crippen molar-refractivity contribution in [1.82, 2.24) is 0 Å². The van der Waals surface area contributed by atoms with E-state index in [1.54, 1.807) is 0 Å². The minimum atomic E-state index is 0. The van der Waals surface area contributed by atoms with Crippen molar-refractivity contribution in [3.63, 3.8) is 0 Å². The molecule has 1 unspecified atom stereocenters. The maximum Gasteiger partial charge on any atom is -0.0142 e. The van der Waals surface area contributed by atoms with E-state index in [4.69, 9.17) is 0 Å². The smallest absolute Gasteiger partial charge is 0.0142 e. The molecule has 0 spiro atoms. The Morgan fingerprint density at radius 2 is 1.18 bits per heavy atom. The number of hydrogen-bond acceptors (Lipinski definition) is 0. The number of halogens is 2. The minimum absolute atomic E-state index is 0. The summed E-state index contributed by atoms with van der Waals surface area (Å²) >= 11 is 1.51. The summed E-state index contributed by atoms with van der Waals surface area (Å²) in [6, 6.07) is 22.4.